The predicted octanol–water partition coefficient (Wildman–Crippen LogP) is 9.98. The number of aliphatic hydroxyl groups excluding tert-OH is 1. The molecule has 0 spiro atoms. The van der Waals surface area contributed by atoms with E-state index in [1.54, 1.807) is 6.92 Å². The van der Waals surface area contributed by atoms with Gasteiger partial charge in [0.2, 0.25) is 0 Å². The first kappa shape index (κ1) is 31.8. The maximum absolute atomic E-state index is 12.3. The van der Waals surface area contributed by atoms with Gasteiger partial charge < -0.3 is 9.84 Å². The van der Waals surface area contributed by atoms with Gasteiger partial charge in [0.1, 0.15) is 6.61 Å². The number of hydrogen-bond donors (Lipinski definition) is 1. The van der Waals surface area contributed by atoms with E-state index in [9.17, 15) is 4.79 Å². The van der Waals surface area contributed by atoms with E-state index in [0.29, 0.717) is 11.5 Å². The van der Waals surface area contributed by atoms with Crippen LogP contribution in [0.15, 0.2) is 72.8 Å². The summed E-state index contributed by atoms with van der Waals surface area (Å²) in [7, 11) is 0. The summed E-state index contributed by atoms with van der Waals surface area (Å²) in [5.41, 5.74) is 10.3. The molecule has 0 bridgehead atoms. The molecular weight excluding hydrogens is 516 g/mol. The SMILES string of the molecule is C=C(C)C(=O)OCc1cc(-c2ccc(-c3ccc(CCCO)cc3)c(CC)c2)ccc1C1CCC(CCCCC)CC1. The van der Waals surface area contributed by atoms with Crippen LogP contribution in [0.4, 0.5) is 0 Å². The van der Waals surface area contributed by atoms with E-state index >= 15 is 0 Å². The summed E-state index contributed by atoms with van der Waals surface area (Å²) in [6.07, 6.45) is 13.0. The molecule has 224 valence electrons. The molecule has 3 nitrogen and oxygen atoms in total. The number of hydrogen-bond acceptors (Lipinski definition) is 3. The van der Waals surface area contributed by atoms with Crippen LogP contribution in [0.3, 0.4) is 0 Å². The van der Waals surface area contributed by atoms with Gasteiger partial charge >= 0.3 is 5.97 Å². The summed E-state index contributed by atoms with van der Waals surface area (Å²) >= 11 is 0. The van der Waals surface area contributed by atoms with Crippen molar-refractivity contribution in [2.24, 2.45) is 5.92 Å². The highest BCUT2D eigenvalue weighted by Gasteiger charge is 2.24. The van der Waals surface area contributed by atoms with Gasteiger partial charge in [-0.25, -0.2) is 4.79 Å². The Morgan fingerprint density at radius 2 is 1.52 bits per heavy atom. The van der Waals surface area contributed by atoms with Crippen molar-refractivity contribution in [1.82, 2.24) is 0 Å². The van der Waals surface area contributed by atoms with Crippen LogP contribution in [0, 0.1) is 5.92 Å². The molecule has 1 fully saturated rings. The topological polar surface area (TPSA) is 46.5 Å². The van der Waals surface area contributed by atoms with Crippen LogP contribution >= 0.6 is 0 Å². The van der Waals surface area contributed by atoms with Crippen LogP contribution < -0.4 is 0 Å². The molecule has 3 aromatic rings. The maximum atomic E-state index is 12.3. The molecule has 3 heteroatoms. The number of rotatable bonds is 14. The number of unbranched alkanes of at least 4 members (excludes halogenated alkanes) is 2. The Bertz CT molecular complexity index is 1310. The minimum atomic E-state index is -0.328. The van der Waals surface area contributed by atoms with Crippen LogP contribution in [0.5, 0.6) is 0 Å². The Labute approximate surface area is 254 Å². The van der Waals surface area contributed by atoms with Crippen LogP contribution in [-0.2, 0) is 29.0 Å². The second-order valence-corrected chi connectivity index (χ2v) is 12.2. The molecular formula is C39H50O3. The molecule has 0 unspecified atom stereocenters. The summed E-state index contributed by atoms with van der Waals surface area (Å²) in [4.78, 5) is 12.3. The molecule has 1 saturated carbocycles. The van der Waals surface area contributed by atoms with E-state index in [4.69, 9.17) is 9.84 Å². The number of aliphatic hydroxyl groups is 1. The van der Waals surface area contributed by atoms with Gasteiger partial charge in [-0.3, -0.25) is 0 Å². The van der Waals surface area contributed by atoms with Gasteiger partial charge in [0.05, 0.1) is 0 Å². The third kappa shape index (κ3) is 8.44. The lowest BCUT2D eigenvalue weighted by molar-refractivity contribution is -0.140. The lowest BCUT2D eigenvalue weighted by atomic mass is 9.75. The molecule has 1 aliphatic carbocycles. The van der Waals surface area contributed by atoms with Crippen molar-refractivity contribution in [3.63, 3.8) is 0 Å². The molecule has 1 aliphatic rings. The average molecular weight is 567 g/mol. The lowest BCUT2D eigenvalue weighted by Crippen LogP contribution is -2.15. The van der Waals surface area contributed by atoms with Crippen molar-refractivity contribution in [1.29, 1.82) is 0 Å². The molecule has 3 aromatic carbocycles. The largest absolute Gasteiger partial charge is 0.457 e. The van der Waals surface area contributed by atoms with Crippen molar-refractivity contribution >= 4 is 5.97 Å². The fourth-order valence-corrected chi connectivity index (χ4v) is 6.50. The number of esters is 1. The van der Waals surface area contributed by atoms with Gasteiger partial charge in [-0.1, -0.05) is 101 Å². The Hall–Kier alpha value is -3.17. The predicted molar refractivity (Wildman–Crippen MR) is 176 cm³/mol. The van der Waals surface area contributed by atoms with Gasteiger partial charge in [-0.2, -0.15) is 0 Å². The van der Waals surface area contributed by atoms with E-state index in [0.717, 1.165) is 36.3 Å². The van der Waals surface area contributed by atoms with Gasteiger partial charge in [0, 0.05) is 12.2 Å². The molecule has 0 saturated heterocycles. The van der Waals surface area contributed by atoms with Crippen LogP contribution in [0.1, 0.15) is 107 Å². The third-order valence-corrected chi connectivity index (χ3v) is 9.06. The summed E-state index contributed by atoms with van der Waals surface area (Å²) in [6, 6.07) is 22.3. The van der Waals surface area contributed by atoms with E-state index in [2.05, 4.69) is 81.1 Å². The summed E-state index contributed by atoms with van der Waals surface area (Å²) < 4.78 is 5.70. The first-order chi connectivity index (χ1) is 20.4. The standard InChI is InChI=1S/C39H50O3/c1-5-7-8-10-29-12-18-33(19-13-29)38-23-21-35(26-36(38)27-42-39(41)28(3)4)34-20-22-37(31(6-2)25-34)32-16-14-30(15-17-32)11-9-24-40/h14-17,20-23,25-26,29,33,40H,3,5-13,18-19,24,27H2,1-2,4H3. The van der Waals surface area contributed by atoms with Gasteiger partial charge in [0.25, 0.3) is 0 Å². The van der Waals surface area contributed by atoms with E-state index < -0.39 is 0 Å². The molecule has 0 heterocycles. The molecule has 0 amide bonds. The summed E-state index contributed by atoms with van der Waals surface area (Å²) in [5, 5.41) is 9.14. The zero-order valence-electron chi connectivity index (χ0n) is 26.1. The fourth-order valence-electron chi connectivity index (χ4n) is 6.50. The minimum Gasteiger partial charge on any atom is -0.457 e. The summed E-state index contributed by atoms with van der Waals surface area (Å²) in [6.45, 7) is 10.5. The highest BCUT2D eigenvalue weighted by molar-refractivity contribution is 5.87. The third-order valence-electron chi connectivity index (χ3n) is 9.06. The Kier molecular flexibility index (Phi) is 12.0. The second kappa shape index (κ2) is 15.9. The van der Waals surface area contributed by atoms with Crippen molar-refractivity contribution in [2.45, 2.75) is 104 Å². The smallest absolute Gasteiger partial charge is 0.333 e. The van der Waals surface area contributed by atoms with Crippen molar-refractivity contribution in [3.8, 4) is 22.3 Å². The normalized spacial score (nSPS) is 16.8. The lowest BCUT2D eigenvalue weighted by Gasteiger charge is -2.30. The first-order valence-electron chi connectivity index (χ1n) is 16.2. The van der Waals surface area contributed by atoms with Crippen molar-refractivity contribution in [2.75, 3.05) is 6.61 Å². The quantitative estimate of drug-likeness (QED) is 0.120. The number of carbonyl (C=O) groups excluding carboxylic acids is 1. The Morgan fingerprint density at radius 3 is 2.17 bits per heavy atom. The Balaban J connectivity index is 1.57. The molecule has 0 radical (unpaired) electrons. The van der Waals surface area contributed by atoms with Gasteiger partial charge in [-0.05, 0) is 114 Å². The highest BCUT2D eigenvalue weighted by atomic mass is 16.5. The second-order valence-electron chi connectivity index (χ2n) is 12.2. The number of ether oxygens (including phenoxy) is 1. The van der Waals surface area contributed by atoms with Crippen LogP contribution in [0.25, 0.3) is 22.3 Å². The molecule has 0 aromatic heterocycles. The van der Waals surface area contributed by atoms with E-state index in [-0.39, 0.29) is 19.2 Å². The van der Waals surface area contributed by atoms with E-state index in [1.165, 1.54) is 84.7 Å². The van der Waals surface area contributed by atoms with Crippen molar-refractivity contribution in [3.05, 3.63) is 95.1 Å². The minimum absolute atomic E-state index is 0.225. The molecule has 4 rings (SSSR count). The molecule has 1 N–H and O–H groups in total. The first-order valence-corrected chi connectivity index (χ1v) is 16.2. The number of carbonyl (C=O) groups is 1. The van der Waals surface area contributed by atoms with E-state index in [1.807, 2.05) is 0 Å². The summed E-state index contributed by atoms with van der Waals surface area (Å²) in [5.74, 6) is 1.06. The number of aryl methyl sites for hydroxylation is 2. The van der Waals surface area contributed by atoms with Gasteiger partial charge in [0.15, 0.2) is 0 Å². The number of benzene rings is 3. The zero-order valence-corrected chi connectivity index (χ0v) is 26.1. The highest BCUT2D eigenvalue weighted by Crippen LogP contribution is 2.40. The fraction of sp³-hybridized carbons (Fsp3) is 0.462. The van der Waals surface area contributed by atoms with Gasteiger partial charge in [-0.15, -0.1) is 0 Å². The Morgan fingerprint density at radius 1 is 0.857 bits per heavy atom. The average Bonchev–Trinajstić information content (AvgIpc) is 3.03. The van der Waals surface area contributed by atoms with Crippen molar-refractivity contribution < 1.29 is 14.6 Å². The molecule has 0 atom stereocenters. The monoisotopic (exact) mass is 566 g/mol. The molecule has 42 heavy (non-hydrogen) atoms. The van der Waals surface area contributed by atoms with Crippen LogP contribution in [0.2, 0.25) is 0 Å². The molecule has 0 aliphatic heterocycles. The maximum Gasteiger partial charge on any atom is 0.333 e. The zero-order chi connectivity index (χ0) is 29.9. The van der Waals surface area contributed by atoms with Crippen LogP contribution in [-0.4, -0.2) is 17.7 Å².